The van der Waals surface area contributed by atoms with Crippen LogP contribution in [0.4, 0.5) is 0 Å². The Bertz CT molecular complexity index is 148. The number of hydrogen-bond acceptors (Lipinski definition) is 2. The summed E-state index contributed by atoms with van der Waals surface area (Å²) in [4.78, 5) is 0. The standard InChI is InChI=1S/C10H19NO/c11-9-5-3-8(4-6-9)10(12)7-1-2-7/h7-10,12H,1-6,11H2/t8-,9-,10-/m0/s1. The van der Waals surface area contributed by atoms with Crippen LogP contribution in [0.5, 0.6) is 0 Å². The molecule has 0 heterocycles. The van der Waals surface area contributed by atoms with Gasteiger partial charge in [-0.05, 0) is 50.4 Å². The minimum Gasteiger partial charge on any atom is -0.393 e. The van der Waals surface area contributed by atoms with Crippen LogP contribution in [0.15, 0.2) is 0 Å². The average Bonchev–Trinajstić information content (AvgIpc) is 2.87. The Balaban J connectivity index is 1.80. The van der Waals surface area contributed by atoms with E-state index in [1.807, 2.05) is 0 Å². The van der Waals surface area contributed by atoms with Gasteiger partial charge in [-0.1, -0.05) is 0 Å². The molecule has 0 bridgehead atoms. The third-order valence-electron chi connectivity index (χ3n) is 3.40. The van der Waals surface area contributed by atoms with Gasteiger partial charge >= 0.3 is 0 Å². The van der Waals surface area contributed by atoms with Crippen LogP contribution in [0.2, 0.25) is 0 Å². The summed E-state index contributed by atoms with van der Waals surface area (Å²) in [6.07, 6.45) is 7.05. The molecule has 1 atom stereocenters. The summed E-state index contributed by atoms with van der Waals surface area (Å²) >= 11 is 0. The molecule has 0 spiro atoms. The zero-order valence-electron chi connectivity index (χ0n) is 7.58. The number of rotatable bonds is 2. The van der Waals surface area contributed by atoms with E-state index in [-0.39, 0.29) is 6.10 Å². The molecule has 2 fully saturated rings. The first-order chi connectivity index (χ1) is 5.77. The first-order valence-corrected chi connectivity index (χ1v) is 5.21. The van der Waals surface area contributed by atoms with Crippen LogP contribution >= 0.6 is 0 Å². The van der Waals surface area contributed by atoms with Crippen molar-refractivity contribution >= 4 is 0 Å². The minimum atomic E-state index is -0.00231. The zero-order valence-corrected chi connectivity index (χ0v) is 7.58. The summed E-state index contributed by atoms with van der Waals surface area (Å²) in [7, 11) is 0. The molecule has 2 nitrogen and oxygen atoms in total. The van der Waals surface area contributed by atoms with Crippen LogP contribution in [0.25, 0.3) is 0 Å². The third kappa shape index (κ3) is 1.80. The molecule has 0 aromatic rings. The van der Waals surface area contributed by atoms with E-state index in [0.717, 1.165) is 25.7 Å². The van der Waals surface area contributed by atoms with E-state index in [0.29, 0.717) is 17.9 Å². The summed E-state index contributed by atoms with van der Waals surface area (Å²) in [5, 5.41) is 9.86. The second kappa shape index (κ2) is 3.35. The van der Waals surface area contributed by atoms with Crippen LogP contribution in [0.3, 0.4) is 0 Å². The van der Waals surface area contributed by atoms with E-state index < -0.39 is 0 Å². The van der Waals surface area contributed by atoms with Crippen LogP contribution in [-0.4, -0.2) is 17.3 Å². The lowest BCUT2D eigenvalue weighted by atomic mass is 9.81. The van der Waals surface area contributed by atoms with Crippen molar-refractivity contribution in [1.82, 2.24) is 0 Å². The highest BCUT2D eigenvalue weighted by molar-refractivity contribution is 4.88. The Hall–Kier alpha value is -0.0800. The number of nitrogens with two attached hydrogens (primary N) is 1. The maximum atomic E-state index is 9.86. The fourth-order valence-electron chi connectivity index (χ4n) is 2.31. The Morgan fingerprint density at radius 2 is 1.33 bits per heavy atom. The zero-order chi connectivity index (χ0) is 8.55. The van der Waals surface area contributed by atoms with Crippen LogP contribution in [0.1, 0.15) is 38.5 Å². The van der Waals surface area contributed by atoms with Gasteiger partial charge in [0.1, 0.15) is 0 Å². The minimum absolute atomic E-state index is 0.00231. The number of aliphatic hydroxyl groups excluding tert-OH is 1. The van der Waals surface area contributed by atoms with E-state index in [4.69, 9.17) is 5.73 Å². The van der Waals surface area contributed by atoms with Gasteiger partial charge in [0.25, 0.3) is 0 Å². The normalized spacial score (nSPS) is 39.5. The van der Waals surface area contributed by atoms with Crippen molar-refractivity contribution < 1.29 is 5.11 Å². The lowest BCUT2D eigenvalue weighted by molar-refractivity contribution is 0.0631. The molecule has 2 saturated carbocycles. The Labute approximate surface area is 74.1 Å². The van der Waals surface area contributed by atoms with E-state index in [1.54, 1.807) is 0 Å². The summed E-state index contributed by atoms with van der Waals surface area (Å²) in [6.45, 7) is 0. The van der Waals surface area contributed by atoms with Crippen molar-refractivity contribution in [3.63, 3.8) is 0 Å². The molecule has 2 heteroatoms. The van der Waals surface area contributed by atoms with Crippen LogP contribution in [0, 0.1) is 11.8 Å². The molecular formula is C10H19NO. The van der Waals surface area contributed by atoms with Crippen molar-refractivity contribution in [3.05, 3.63) is 0 Å². The molecule has 0 unspecified atom stereocenters. The molecule has 0 aromatic carbocycles. The lowest BCUT2D eigenvalue weighted by Crippen LogP contribution is -2.32. The molecule has 12 heavy (non-hydrogen) atoms. The first kappa shape index (κ1) is 8.52. The van der Waals surface area contributed by atoms with Gasteiger partial charge in [0, 0.05) is 6.04 Å². The van der Waals surface area contributed by atoms with Crippen LogP contribution in [-0.2, 0) is 0 Å². The first-order valence-electron chi connectivity index (χ1n) is 5.21. The lowest BCUT2D eigenvalue weighted by Gasteiger charge is -2.29. The Kier molecular flexibility index (Phi) is 2.37. The summed E-state index contributed by atoms with van der Waals surface area (Å²) < 4.78 is 0. The van der Waals surface area contributed by atoms with Crippen molar-refractivity contribution in [2.75, 3.05) is 0 Å². The molecular weight excluding hydrogens is 150 g/mol. The molecule has 0 aromatic heterocycles. The summed E-state index contributed by atoms with van der Waals surface area (Å²) in [5.41, 5.74) is 5.81. The second-order valence-electron chi connectivity index (χ2n) is 4.50. The molecule has 2 aliphatic carbocycles. The van der Waals surface area contributed by atoms with Crippen molar-refractivity contribution in [1.29, 1.82) is 0 Å². The van der Waals surface area contributed by atoms with Gasteiger partial charge in [0.2, 0.25) is 0 Å². The monoisotopic (exact) mass is 169 g/mol. The molecule has 2 rings (SSSR count). The highest BCUT2D eigenvalue weighted by Crippen LogP contribution is 2.39. The van der Waals surface area contributed by atoms with E-state index in [9.17, 15) is 5.11 Å². The number of aliphatic hydroxyl groups is 1. The van der Waals surface area contributed by atoms with Gasteiger partial charge < -0.3 is 10.8 Å². The molecule has 0 radical (unpaired) electrons. The Morgan fingerprint density at radius 3 is 1.75 bits per heavy atom. The molecule has 0 amide bonds. The summed E-state index contributed by atoms with van der Waals surface area (Å²) in [6, 6.07) is 0.410. The smallest absolute Gasteiger partial charge is 0.0596 e. The third-order valence-corrected chi connectivity index (χ3v) is 3.40. The topological polar surface area (TPSA) is 46.2 Å². The molecule has 3 N–H and O–H groups in total. The van der Waals surface area contributed by atoms with Gasteiger partial charge in [0.15, 0.2) is 0 Å². The van der Waals surface area contributed by atoms with Crippen molar-refractivity contribution in [2.24, 2.45) is 17.6 Å². The van der Waals surface area contributed by atoms with E-state index in [1.165, 1.54) is 12.8 Å². The average molecular weight is 169 g/mol. The molecule has 70 valence electrons. The Morgan fingerprint density at radius 1 is 0.917 bits per heavy atom. The van der Waals surface area contributed by atoms with Gasteiger partial charge in [-0.2, -0.15) is 0 Å². The predicted octanol–water partition coefficient (Wildman–Crippen LogP) is 1.27. The van der Waals surface area contributed by atoms with Crippen LogP contribution < -0.4 is 5.73 Å². The fraction of sp³-hybridized carbons (Fsp3) is 1.00. The van der Waals surface area contributed by atoms with Gasteiger partial charge in [-0.25, -0.2) is 0 Å². The molecule has 2 aliphatic rings. The van der Waals surface area contributed by atoms with Gasteiger partial charge in [-0.15, -0.1) is 0 Å². The highest BCUT2D eigenvalue weighted by atomic mass is 16.3. The van der Waals surface area contributed by atoms with Crippen molar-refractivity contribution in [2.45, 2.75) is 50.7 Å². The summed E-state index contributed by atoms with van der Waals surface area (Å²) in [5.74, 6) is 1.21. The predicted molar refractivity (Wildman–Crippen MR) is 48.7 cm³/mol. The molecule has 0 aliphatic heterocycles. The number of hydrogen-bond donors (Lipinski definition) is 2. The van der Waals surface area contributed by atoms with Crippen molar-refractivity contribution in [3.8, 4) is 0 Å². The van der Waals surface area contributed by atoms with E-state index in [2.05, 4.69) is 0 Å². The quantitative estimate of drug-likeness (QED) is 0.654. The highest BCUT2D eigenvalue weighted by Gasteiger charge is 2.36. The molecule has 0 saturated heterocycles. The largest absolute Gasteiger partial charge is 0.393 e. The maximum absolute atomic E-state index is 9.86. The maximum Gasteiger partial charge on any atom is 0.0596 e. The SMILES string of the molecule is N[C@H]1CC[C@H]([C@@H](O)C2CC2)CC1. The van der Waals surface area contributed by atoms with E-state index >= 15 is 0 Å². The van der Waals surface area contributed by atoms with Gasteiger partial charge in [0.05, 0.1) is 6.10 Å². The fourth-order valence-corrected chi connectivity index (χ4v) is 2.31. The van der Waals surface area contributed by atoms with Gasteiger partial charge in [-0.3, -0.25) is 0 Å². The second-order valence-corrected chi connectivity index (χ2v) is 4.50.